The Labute approximate surface area is 267 Å². The summed E-state index contributed by atoms with van der Waals surface area (Å²) in [5.74, 6) is 0. The van der Waals surface area contributed by atoms with Gasteiger partial charge in [-0.2, -0.15) is 0 Å². The zero-order chi connectivity index (χ0) is 30.8. The number of rotatable bonds is 9. The first-order valence-corrected chi connectivity index (χ1v) is 15.4. The van der Waals surface area contributed by atoms with E-state index in [4.69, 9.17) is 0 Å². The molecule has 0 unspecified atom stereocenters. The van der Waals surface area contributed by atoms with Gasteiger partial charge in [-0.25, -0.2) is 0 Å². The van der Waals surface area contributed by atoms with Crippen molar-refractivity contribution in [3.63, 3.8) is 0 Å². The Morgan fingerprint density at radius 1 is 0.400 bits per heavy atom. The van der Waals surface area contributed by atoms with Gasteiger partial charge in [0.25, 0.3) is 0 Å². The molecular formula is C44H37N. The van der Waals surface area contributed by atoms with Crippen LogP contribution in [0.3, 0.4) is 0 Å². The summed E-state index contributed by atoms with van der Waals surface area (Å²) in [4.78, 5) is 2.28. The van der Waals surface area contributed by atoms with Crippen LogP contribution in [0.2, 0.25) is 0 Å². The number of aryl methyl sites for hydroxylation is 2. The number of allylic oxidation sites excluding steroid dienone is 2. The first-order valence-electron chi connectivity index (χ1n) is 15.4. The summed E-state index contributed by atoms with van der Waals surface area (Å²) < 4.78 is 0. The van der Waals surface area contributed by atoms with Crippen molar-refractivity contribution in [2.24, 2.45) is 0 Å². The molecule has 0 saturated carbocycles. The van der Waals surface area contributed by atoms with Crippen molar-refractivity contribution >= 4 is 40.9 Å². The lowest BCUT2D eigenvalue weighted by atomic mass is 9.96. The van der Waals surface area contributed by atoms with Crippen molar-refractivity contribution in [3.8, 4) is 0 Å². The summed E-state index contributed by atoms with van der Waals surface area (Å²) in [6.07, 6.45) is 10.9. The highest BCUT2D eigenvalue weighted by atomic mass is 15.1. The highest BCUT2D eigenvalue weighted by Gasteiger charge is 2.11. The standard InChI is InChI=1S/C44H37N/c1-34-16-28-39(29-17-34)44(40-30-18-35(2)19-31-40)15-9-10-36-20-22-37(23-21-36)24-25-38-26-32-43(33-27-38)45(41-11-5-3-6-12-41)42-13-7-4-8-14-42/h3-33H,1-2H3. The van der Waals surface area contributed by atoms with E-state index in [2.05, 4.69) is 207 Å². The third-order valence-corrected chi connectivity index (χ3v) is 7.86. The van der Waals surface area contributed by atoms with E-state index >= 15 is 0 Å². The van der Waals surface area contributed by atoms with E-state index in [9.17, 15) is 0 Å². The molecule has 6 aromatic carbocycles. The average Bonchev–Trinajstić information content (AvgIpc) is 3.09. The summed E-state index contributed by atoms with van der Waals surface area (Å²) in [5.41, 5.74) is 13.1. The van der Waals surface area contributed by atoms with Crippen LogP contribution in [0.25, 0.3) is 23.8 Å². The zero-order valence-electron chi connectivity index (χ0n) is 25.8. The molecular weight excluding hydrogens is 542 g/mol. The SMILES string of the molecule is Cc1ccc(C(=CC=Cc2ccc(C=Cc3ccc(N(c4ccccc4)c4ccccc4)cc3)cc2)c2ccc(C)cc2)cc1. The number of hydrogen-bond acceptors (Lipinski definition) is 1. The van der Waals surface area contributed by atoms with Gasteiger partial charge in [0.1, 0.15) is 0 Å². The van der Waals surface area contributed by atoms with Gasteiger partial charge in [0, 0.05) is 17.1 Å². The van der Waals surface area contributed by atoms with E-state index in [-0.39, 0.29) is 0 Å². The second-order valence-electron chi connectivity index (χ2n) is 11.3. The van der Waals surface area contributed by atoms with Crippen molar-refractivity contribution in [3.05, 3.63) is 209 Å². The van der Waals surface area contributed by atoms with Crippen molar-refractivity contribution in [2.45, 2.75) is 13.8 Å². The number of benzene rings is 6. The monoisotopic (exact) mass is 579 g/mol. The van der Waals surface area contributed by atoms with Crippen LogP contribution >= 0.6 is 0 Å². The van der Waals surface area contributed by atoms with Crippen molar-refractivity contribution in [1.29, 1.82) is 0 Å². The number of para-hydroxylation sites is 2. The minimum Gasteiger partial charge on any atom is -0.311 e. The Hall–Kier alpha value is -5.66. The molecule has 0 aromatic heterocycles. The van der Waals surface area contributed by atoms with Gasteiger partial charge >= 0.3 is 0 Å². The van der Waals surface area contributed by atoms with Crippen molar-refractivity contribution in [1.82, 2.24) is 0 Å². The van der Waals surface area contributed by atoms with Crippen LogP contribution in [-0.2, 0) is 0 Å². The lowest BCUT2D eigenvalue weighted by molar-refractivity contribution is 1.28. The molecule has 0 aliphatic heterocycles. The predicted octanol–water partition coefficient (Wildman–Crippen LogP) is 12.1. The molecule has 0 spiro atoms. The molecule has 1 heteroatoms. The van der Waals surface area contributed by atoms with E-state index in [1.807, 2.05) is 0 Å². The third-order valence-electron chi connectivity index (χ3n) is 7.86. The van der Waals surface area contributed by atoms with E-state index in [1.165, 1.54) is 39.0 Å². The number of nitrogens with zero attached hydrogens (tertiary/aromatic N) is 1. The topological polar surface area (TPSA) is 3.24 Å². The Morgan fingerprint density at radius 2 is 0.778 bits per heavy atom. The van der Waals surface area contributed by atoms with Crippen LogP contribution in [0.4, 0.5) is 17.1 Å². The largest absolute Gasteiger partial charge is 0.311 e. The lowest BCUT2D eigenvalue weighted by Crippen LogP contribution is -2.09. The second kappa shape index (κ2) is 14.2. The summed E-state index contributed by atoms with van der Waals surface area (Å²) in [5, 5.41) is 0. The molecule has 1 nitrogen and oxygen atoms in total. The molecule has 0 aliphatic carbocycles. The molecule has 6 rings (SSSR count). The van der Waals surface area contributed by atoms with Gasteiger partial charge in [0.2, 0.25) is 0 Å². The quantitative estimate of drug-likeness (QED) is 0.122. The zero-order valence-corrected chi connectivity index (χ0v) is 25.8. The van der Waals surface area contributed by atoms with Gasteiger partial charge in [-0.1, -0.05) is 163 Å². The number of anilines is 3. The highest BCUT2D eigenvalue weighted by Crippen LogP contribution is 2.34. The molecule has 0 fully saturated rings. The average molecular weight is 580 g/mol. The van der Waals surface area contributed by atoms with Crippen molar-refractivity contribution in [2.75, 3.05) is 4.90 Å². The molecule has 6 aromatic rings. The second-order valence-corrected chi connectivity index (χ2v) is 11.3. The molecule has 0 atom stereocenters. The Balaban J connectivity index is 1.16. The molecule has 45 heavy (non-hydrogen) atoms. The minimum atomic E-state index is 1.13. The van der Waals surface area contributed by atoms with Crippen molar-refractivity contribution < 1.29 is 0 Å². The van der Waals surface area contributed by atoms with E-state index in [1.54, 1.807) is 0 Å². The highest BCUT2D eigenvalue weighted by molar-refractivity contribution is 5.82. The Bertz CT molecular complexity index is 1810. The number of hydrogen-bond donors (Lipinski definition) is 0. The van der Waals surface area contributed by atoms with Crippen LogP contribution in [0.1, 0.15) is 38.9 Å². The normalized spacial score (nSPS) is 11.2. The van der Waals surface area contributed by atoms with E-state index in [0.29, 0.717) is 0 Å². The van der Waals surface area contributed by atoms with E-state index < -0.39 is 0 Å². The summed E-state index contributed by atoms with van der Waals surface area (Å²) in [6, 6.07) is 55.9. The maximum Gasteiger partial charge on any atom is 0.0462 e. The summed E-state index contributed by atoms with van der Waals surface area (Å²) in [7, 11) is 0. The molecule has 0 N–H and O–H groups in total. The fourth-order valence-electron chi connectivity index (χ4n) is 5.33. The third kappa shape index (κ3) is 7.65. The maximum absolute atomic E-state index is 2.28. The molecule has 0 amide bonds. The maximum atomic E-state index is 2.28. The Morgan fingerprint density at radius 3 is 1.22 bits per heavy atom. The lowest BCUT2D eigenvalue weighted by Gasteiger charge is -2.25. The smallest absolute Gasteiger partial charge is 0.0462 e. The van der Waals surface area contributed by atoms with E-state index in [0.717, 1.165) is 22.6 Å². The van der Waals surface area contributed by atoms with Crippen LogP contribution in [0.15, 0.2) is 170 Å². The van der Waals surface area contributed by atoms with Gasteiger partial charge in [-0.15, -0.1) is 0 Å². The van der Waals surface area contributed by atoms with Gasteiger partial charge in [0.05, 0.1) is 0 Å². The Kier molecular flexibility index (Phi) is 9.29. The summed E-state index contributed by atoms with van der Waals surface area (Å²) >= 11 is 0. The van der Waals surface area contributed by atoms with Crippen LogP contribution in [-0.4, -0.2) is 0 Å². The molecule has 218 valence electrons. The molecule has 0 aliphatic rings. The fraction of sp³-hybridized carbons (Fsp3) is 0.0455. The van der Waals surface area contributed by atoms with Gasteiger partial charge in [-0.05, 0) is 83.6 Å². The molecule has 0 radical (unpaired) electrons. The van der Waals surface area contributed by atoms with Gasteiger partial charge < -0.3 is 4.90 Å². The van der Waals surface area contributed by atoms with Crippen LogP contribution < -0.4 is 4.90 Å². The first-order chi connectivity index (χ1) is 22.1. The molecule has 0 saturated heterocycles. The fourth-order valence-corrected chi connectivity index (χ4v) is 5.33. The first kappa shape index (κ1) is 29.4. The molecule has 0 heterocycles. The van der Waals surface area contributed by atoms with Crippen LogP contribution in [0, 0.1) is 13.8 Å². The van der Waals surface area contributed by atoms with Gasteiger partial charge in [0.15, 0.2) is 0 Å². The molecule has 0 bridgehead atoms. The van der Waals surface area contributed by atoms with Crippen LogP contribution in [0.5, 0.6) is 0 Å². The summed E-state index contributed by atoms with van der Waals surface area (Å²) in [6.45, 7) is 4.25. The predicted molar refractivity (Wildman–Crippen MR) is 195 cm³/mol. The minimum absolute atomic E-state index is 1.13. The van der Waals surface area contributed by atoms with Gasteiger partial charge in [-0.3, -0.25) is 0 Å².